The van der Waals surface area contributed by atoms with Crippen molar-refractivity contribution in [1.82, 2.24) is 4.98 Å². The van der Waals surface area contributed by atoms with E-state index in [0.29, 0.717) is 6.54 Å². The van der Waals surface area contributed by atoms with Crippen molar-refractivity contribution in [3.05, 3.63) is 24.4 Å². The Labute approximate surface area is 79.6 Å². The summed E-state index contributed by atoms with van der Waals surface area (Å²) in [6.07, 6.45) is 2.94. The molecule has 1 aromatic rings. The van der Waals surface area contributed by atoms with E-state index in [9.17, 15) is 0 Å². The maximum atomic E-state index is 5.53. The lowest BCUT2D eigenvalue weighted by Crippen LogP contribution is -2.30. The molecule has 0 aromatic carbocycles. The summed E-state index contributed by atoms with van der Waals surface area (Å²) in [6.45, 7) is 4.74. The fourth-order valence-corrected chi connectivity index (χ4v) is 1.31. The summed E-state index contributed by atoms with van der Waals surface area (Å²) >= 11 is 0. The SMILES string of the molecule is CCCN(CCN)c1ccccn1. The fraction of sp³-hybridized carbons (Fsp3) is 0.500. The summed E-state index contributed by atoms with van der Waals surface area (Å²) in [5.41, 5.74) is 5.53. The highest BCUT2D eigenvalue weighted by atomic mass is 15.2. The molecule has 0 saturated heterocycles. The molecule has 0 aliphatic rings. The molecule has 0 saturated carbocycles. The highest BCUT2D eigenvalue weighted by Gasteiger charge is 2.03. The maximum absolute atomic E-state index is 5.53. The van der Waals surface area contributed by atoms with Gasteiger partial charge >= 0.3 is 0 Å². The summed E-state index contributed by atoms with van der Waals surface area (Å²) in [7, 11) is 0. The Hall–Kier alpha value is -1.09. The summed E-state index contributed by atoms with van der Waals surface area (Å²) in [5, 5.41) is 0. The summed E-state index contributed by atoms with van der Waals surface area (Å²) in [4.78, 5) is 6.50. The normalized spacial score (nSPS) is 10.0. The van der Waals surface area contributed by atoms with E-state index < -0.39 is 0 Å². The second kappa shape index (κ2) is 5.54. The summed E-state index contributed by atoms with van der Waals surface area (Å²) in [5.74, 6) is 1.02. The summed E-state index contributed by atoms with van der Waals surface area (Å²) < 4.78 is 0. The van der Waals surface area contributed by atoms with Crippen LogP contribution in [0, 0.1) is 0 Å². The van der Waals surface area contributed by atoms with Crippen molar-refractivity contribution in [2.24, 2.45) is 5.73 Å². The Bertz CT molecular complexity index is 217. The van der Waals surface area contributed by atoms with Gasteiger partial charge in [-0.1, -0.05) is 13.0 Å². The van der Waals surface area contributed by atoms with Crippen LogP contribution in [-0.4, -0.2) is 24.6 Å². The van der Waals surface area contributed by atoms with Crippen LogP contribution in [0.4, 0.5) is 5.82 Å². The fourth-order valence-electron chi connectivity index (χ4n) is 1.31. The van der Waals surface area contributed by atoms with Crippen LogP contribution in [0.3, 0.4) is 0 Å². The molecule has 2 N–H and O–H groups in total. The average molecular weight is 179 g/mol. The van der Waals surface area contributed by atoms with E-state index in [1.807, 2.05) is 24.4 Å². The van der Waals surface area contributed by atoms with E-state index in [4.69, 9.17) is 5.73 Å². The molecule has 0 spiro atoms. The smallest absolute Gasteiger partial charge is 0.128 e. The minimum Gasteiger partial charge on any atom is -0.355 e. The topological polar surface area (TPSA) is 42.1 Å². The van der Waals surface area contributed by atoms with Crippen molar-refractivity contribution in [3.63, 3.8) is 0 Å². The predicted molar refractivity (Wildman–Crippen MR) is 55.8 cm³/mol. The molecule has 1 aromatic heterocycles. The first-order valence-corrected chi connectivity index (χ1v) is 4.74. The lowest BCUT2D eigenvalue weighted by atomic mass is 10.3. The van der Waals surface area contributed by atoms with Gasteiger partial charge < -0.3 is 10.6 Å². The number of aromatic nitrogens is 1. The molecule has 0 unspecified atom stereocenters. The van der Waals surface area contributed by atoms with E-state index >= 15 is 0 Å². The van der Waals surface area contributed by atoms with Crippen LogP contribution in [0.15, 0.2) is 24.4 Å². The third kappa shape index (κ3) is 3.03. The van der Waals surface area contributed by atoms with Crippen molar-refractivity contribution in [1.29, 1.82) is 0 Å². The van der Waals surface area contributed by atoms with Gasteiger partial charge in [0, 0.05) is 25.8 Å². The Morgan fingerprint density at radius 3 is 2.77 bits per heavy atom. The molecule has 0 aliphatic carbocycles. The number of hydrogen-bond acceptors (Lipinski definition) is 3. The van der Waals surface area contributed by atoms with Crippen LogP contribution in [0.2, 0.25) is 0 Å². The van der Waals surface area contributed by atoms with Crippen molar-refractivity contribution in [3.8, 4) is 0 Å². The molecule has 13 heavy (non-hydrogen) atoms. The first-order valence-electron chi connectivity index (χ1n) is 4.74. The number of nitrogens with zero attached hydrogens (tertiary/aromatic N) is 2. The van der Waals surface area contributed by atoms with Gasteiger partial charge in [-0.2, -0.15) is 0 Å². The molecular formula is C10H17N3. The third-order valence-corrected chi connectivity index (χ3v) is 1.87. The van der Waals surface area contributed by atoms with Crippen LogP contribution in [0.25, 0.3) is 0 Å². The molecule has 0 radical (unpaired) electrons. The number of rotatable bonds is 5. The van der Waals surface area contributed by atoms with Crippen LogP contribution in [-0.2, 0) is 0 Å². The van der Waals surface area contributed by atoms with Crippen LogP contribution >= 0.6 is 0 Å². The number of pyridine rings is 1. The van der Waals surface area contributed by atoms with Gasteiger partial charge in [-0.25, -0.2) is 4.98 Å². The molecule has 0 aliphatic heterocycles. The molecule has 0 atom stereocenters. The second-order valence-corrected chi connectivity index (χ2v) is 2.96. The van der Waals surface area contributed by atoms with Crippen molar-refractivity contribution < 1.29 is 0 Å². The van der Waals surface area contributed by atoms with Gasteiger partial charge in [0.05, 0.1) is 0 Å². The van der Waals surface area contributed by atoms with Gasteiger partial charge in [0.15, 0.2) is 0 Å². The Balaban J connectivity index is 2.64. The van der Waals surface area contributed by atoms with Crippen LogP contribution in [0.5, 0.6) is 0 Å². The van der Waals surface area contributed by atoms with E-state index in [-0.39, 0.29) is 0 Å². The lowest BCUT2D eigenvalue weighted by molar-refractivity contribution is 0.751. The summed E-state index contributed by atoms with van der Waals surface area (Å²) in [6, 6.07) is 5.95. The van der Waals surface area contributed by atoms with Gasteiger partial charge in [0.2, 0.25) is 0 Å². The van der Waals surface area contributed by atoms with E-state index in [2.05, 4.69) is 16.8 Å². The molecule has 1 heterocycles. The third-order valence-electron chi connectivity index (χ3n) is 1.87. The molecule has 0 fully saturated rings. The Morgan fingerprint density at radius 1 is 1.38 bits per heavy atom. The molecule has 3 heteroatoms. The van der Waals surface area contributed by atoms with Gasteiger partial charge in [-0.05, 0) is 18.6 Å². The van der Waals surface area contributed by atoms with Crippen LogP contribution < -0.4 is 10.6 Å². The highest BCUT2D eigenvalue weighted by Crippen LogP contribution is 2.08. The molecule has 3 nitrogen and oxygen atoms in total. The Morgan fingerprint density at radius 2 is 2.23 bits per heavy atom. The number of nitrogens with two attached hydrogens (primary N) is 1. The van der Waals surface area contributed by atoms with E-state index in [0.717, 1.165) is 25.3 Å². The Kier molecular flexibility index (Phi) is 4.26. The van der Waals surface area contributed by atoms with Crippen LogP contribution in [0.1, 0.15) is 13.3 Å². The largest absolute Gasteiger partial charge is 0.355 e. The monoisotopic (exact) mass is 179 g/mol. The first kappa shape index (κ1) is 9.99. The zero-order chi connectivity index (χ0) is 9.52. The number of hydrogen-bond donors (Lipinski definition) is 1. The van der Waals surface area contributed by atoms with Gasteiger partial charge in [0.25, 0.3) is 0 Å². The van der Waals surface area contributed by atoms with E-state index in [1.54, 1.807) is 0 Å². The standard InChI is InChI=1S/C10H17N3/c1-2-8-13(9-6-11)10-5-3-4-7-12-10/h3-5,7H,2,6,8-9,11H2,1H3. The van der Waals surface area contributed by atoms with Crippen molar-refractivity contribution >= 4 is 5.82 Å². The minimum absolute atomic E-state index is 0.677. The zero-order valence-corrected chi connectivity index (χ0v) is 8.11. The maximum Gasteiger partial charge on any atom is 0.128 e. The van der Waals surface area contributed by atoms with Gasteiger partial charge in [-0.15, -0.1) is 0 Å². The second-order valence-electron chi connectivity index (χ2n) is 2.96. The molecule has 72 valence electrons. The van der Waals surface area contributed by atoms with Gasteiger partial charge in [0.1, 0.15) is 5.82 Å². The molecule has 0 amide bonds. The quantitative estimate of drug-likeness (QED) is 0.740. The van der Waals surface area contributed by atoms with E-state index in [1.165, 1.54) is 0 Å². The lowest BCUT2D eigenvalue weighted by Gasteiger charge is -2.21. The first-order chi connectivity index (χ1) is 6.38. The average Bonchev–Trinajstić information content (AvgIpc) is 2.19. The highest BCUT2D eigenvalue weighted by molar-refractivity contribution is 5.37. The van der Waals surface area contributed by atoms with Gasteiger partial charge in [-0.3, -0.25) is 0 Å². The van der Waals surface area contributed by atoms with Crippen molar-refractivity contribution in [2.75, 3.05) is 24.5 Å². The number of anilines is 1. The minimum atomic E-state index is 0.677. The zero-order valence-electron chi connectivity index (χ0n) is 8.11. The predicted octanol–water partition coefficient (Wildman–Crippen LogP) is 1.26. The molecule has 1 rings (SSSR count). The van der Waals surface area contributed by atoms with Crippen molar-refractivity contribution in [2.45, 2.75) is 13.3 Å². The molecular weight excluding hydrogens is 162 g/mol. The molecule has 0 bridgehead atoms.